The van der Waals surface area contributed by atoms with Crippen LogP contribution in [0.4, 0.5) is 4.79 Å². The van der Waals surface area contributed by atoms with Crippen LogP contribution in [0.3, 0.4) is 0 Å². The Morgan fingerprint density at radius 3 is 2.83 bits per heavy atom. The van der Waals surface area contributed by atoms with E-state index in [4.69, 9.17) is 9.15 Å². The van der Waals surface area contributed by atoms with Crippen LogP contribution in [-0.4, -0.2) is 24.3 Å². The molecule has 1 fully saturated rings. The van der Waals surface area contributed by atoms with Crippen LogP contribution in [0.25, 0.3) is 0 Å². The summed E-state index contributed by atoms with van der Waals surface area (Å²) in [7, 11) is 0. The summed E-state index contributed by atoms with van der Waals surface area (Å²) < 4.78 is 10.9. The van der Waals surface area contributed by atoms with Gasteiger partial charge in [0, 0.05) is 12.1 Å². The molecular formula is C18H22N2O4. The number of urea groups is 1. The van der Waals surface area contributed by atoms with E-state index in [1.54, 1.807) is 12.1 Å². The minimum atomic E-state index is -0.861. The molecule has 0 bridgehead atoms. The van der Waals surface area contributed by atoms with E-state index in [1.165, 1.54) is 19.1 Å². The monoisotopic (exact) mass is 330 g/mol. The number of carbonyl (C=O) groups is 1. The van der Waals surface area contributed by atoms with Gasteiger partial charge in [-0.05, 0) is 37.0 Å². The number of benzene rings is 1. The summed E-state index contributed by atoms with van der Waals surface area (Å²) in [6, 6.07) is 10.7. The molecule has 6 heteroatoms. The van der Waals surface area contributed by atoms with E-state index in [-0.39, 0.29) is 12.6 Å². The maximum absolute atomic E-state index is 11.9. The molecule has 24 heavy (non-hydrogen) atoms. The van der Waals surface area contributed by atoms with Crippen LogP contribution in [0.15, 0.2) is 47.1 Å². The molecule has 6 nitrogen and oxygen atoms in total. The third-order valence-electron chi connectivity index (χ3n) is 3.91. The first-order valence-electron chi connectivity index (χ1n) is 8.16. The van der Waals surface area contributed by atoms with Crippen molar-refractivity contribution in [3.8, 4) is 5.75 Å². The topological polar surface area (TPSA) is 83.7 Å². The number of amides is 2. The fourth-order valence-electron chi connectivity index (χ4n) is 2.29. The highest BCUT2D eigenvalue weighted by molar-refractivity contribution is 5.73. The summed E-state index contributed by atoms with van der Waals surface area (Å²) in [5.41, 5.74) is 0.930. The quantitative estimate of drug-likeness (QED) is 0.695. The first kappa shape index (κ1) is 16.4. The van der Waals surface area contributed by atoms with Crippen LogP contribution in [0.5, 0.6) is 5.75 Å². The van der Waals surface area contributed by atoms with Crippen molar-refractivity contribution < 1.29 is 19.1 Å². The zero-order valence-corrected chi connectivity index (χ0v) is 13.4. The minimum absolute atomic E-state index is 0.0825. The summed E-state index contributed by atoms with van der Waals surface area (Å²) in [5.74, 6) is 1.91. The van der Waals surface area contributed by atoms with Gasteiger partial charge in [0.1, 0.15) is 17.6 Å². The van der Waals surface area contributed by atoms with Crippen molar-refractivity contribution in [2.45, 2.75) is 25.5 Å². The number of para-hydroxylation sites is 1. The lowest BCUT2D eigenvalue weighted by Crippen LogP contribution is -2.37. The van der Waals surface area contributed by atoms with Gasteiger partial charge in [-0.1, -0.05) is 18.2 Å². The molecule has 1 aliphatic rings. The molecule has 128 valence electrons. The molecule has 1 unspecified atom stereocenters. The Morgan fingerprint density at radius 1 is 1.25 bits per heavy atom. The predicted molar refractivity (Wildman–Crippen MR) is 88.6 cm³/mol. The molecule has 0 saturated heterocycles. The smallest absolute Gasteiger partial charge is 0.315 e. The van der Waals surface area contributed by atoms with Crippen molar-refractivity contribution in [1.29, 1.82) is 0 Å². The SMILES string of the molecule is O=C(NCc1ccccc1OCC1CC1)NCC(O)c1ccco1. The van der Waals surface area contributed by atoms with Crippen molar-refractivity contribution in [3.05, 3.63) is 54.0 Å². The Labute approximate surface area is 140 Å². The second-order valence-corrected chi connectivity index (χ2v) is 5.96. The largest absolute Gasteiger partial charge is 0.493 e. The number of rotatable bonds is 8. The number of carbonyl (C=O) groups excluding carboxylic acids is 1. The second kappa shape index (κ2) is 7.88. The Morgan fingerprint density at radius 2 is 2.08 bits per heavy atom. The maximum atomic E-state index is 11.9. The first-order chi connectivity index (χ1) is 11.7. The van der Waals surface area contributed by atoms with Gasteiger partial charge in [-0.25, -0.2) is 4.79 Å². The van der Waals surface area contributed by atoms with Crippen LogP contribution in [0.2, 0.25) is 0 Å². The van der Waals surface area contributed by atoms with Gasteiger partial charge in [0.25, 0.3) is 0 Å². The Bertz CT molecular complexity index is 653. The molecule has 1 heterocycles. The Balaban J connectivity index is 1.43. The van der Waals surface area contributed by atoms with Gasteiger partial charge in [0.2, 0.25) is 0 Å². The van der Waals surface area contributed by atoms with E-state index < -0.39 is 6.10 Å². The van der Waals surface area contributed by atoms with Crippen molar-refractivity contribution >= 4 is 6.03 Å². The van der Waals surface area contributed by atoms with E-state index in [2.05, 4.69) is 10.6 Å². The van der Waals surface area contributed by atoms with Gasteiger partial charge in [-0.3, -0.25) is 0 Å². The van der Waals surface area contributed by atoms with Gasteiger partial charge < -0.3 is 24.9 Å². The molecule has 3 N–H and O–H groups in total. The summed E-state index contributed by atoms with van der Waals surface area (Å²) >= 11 is 0. The molecule has 1 atom stereocenters. The number of aliphatic hydroxyl groups excluding tert-OH is 1. The molecule has 1 aromatic carbocycles. The van der Waals surface area contributed by atoms with E-state index in [0.717, 1.165) is 17.9 Å². The van der Waals surface area contributed by atoms with E-state index in [1.807, 2.05) is 24.3 Å². The molecule has 1 saturated carbocycles. The van der Waals surface area contributed by atoms with E-state index in [0.29, 0.717) is 18.2 Å². The van der Waals surface area contributed by atoms with Gasteiger partial charge in [0.15, 0.2) is 0 Å². The van der Waals surface area contributed by atoms with E-state index >= 15 is 0 Å². The molecule has 2 aromatic rings. The average molecular weight is 330 g/mol. The number of nitrogens with one attached hydrogen (secondary N) is 2. The van der Waals surface area contributed by atoms with Crippen LogP contribution >= 0.6 is 0 Å². The lowest BCUT2D eigenvalue weighted by Gasteiger charge is -2.13. The van der Waals surface area contributed by atoms with Crippen LogP contribution in [-0.2, 0) is 6.54 Å². The van der Waals surface area contributed by atoms with Crippen LogP contribution in [0.1, 0.15) is 30.3 Å². The van der Waals surface area contributed by atoms with E-state index in [9.17, 15) is 9.90 Å². The first-order valence-corrected chi connectivity index (χ1v) is 8.16. The highest BCUT2D eigenvalue weighted by Gasteiger charge is 2.22. The normalized spacial score (nSPS) is 14.9. The number of hydrogen-bond donors (Lipinski definition) is 3. The molecular weight excluding hydrogens is 308 g/mol. The van der Waals surface area contributed by atoms with Crippen molar-refractivity contribution in [1.82, 2.24) is 10.6 Å². The fraction of sp³-hybridized carbons (Fsp3) is 0.389. The fourth-order valence-corrected chi connectivity index (χ4v) is 2.29. The molecule has 0 radical (unpaired) electrons. The second-order valence-electron chi connectivity index (χ2n) is 5.96. The molecule has 2 amide bonds. The summed E-state index contributed by atoms with van der Waals surface area (Å²) in [6.45, 7) is 1.18. The number of aliphatic hydroxyl groups is 1. The number of hydrogen-bond acceptors (Lipinski definition) is 4. The predicted octanol–water partition coefficient (Wildman–Crippen LogP) is 2.60. The maximum Gasteiger partial charge on any atom is 0.315 e. The zero-order chi connectivity index (χ0) is 16.8. The molecule has 0 spiro atoms. The lowest BCUT2D eigenvalue weighted by molar-refractivity contribution is 0.148. The highest BCUT2D eigenvalue weighted by atomic mass is 16.5. The summed E-state index contributed by atoms with van der Waals surface area (Å²) in [4.78, 5) is 11.9. The molecule has 0 aliphatic heterocycles. The van der Waals surface area contributed by atoms with Gasteiger partial charge in [-0.15, -0.1) is 0 Å². The number of furan rings is 1. The third-order valence-corrected chi connectivity index (χ3v) is 3.91. The summed E-state index contributed by atoms with van der Waals surface area (Å²) in [5, 5.41) is 15.3. The van der Waals surface area contributed by atoms with Crippen LogP contribution < -0.4 is 15.4 Å². The summed E-state index contributed by atoms with van der Waals surface area (Å²) in [6.07, 6.45) is 3.10. The van der Waals surface area contributed by atoms with Crippen LogP contribution in [0, 0.1) is 5.92 Å². The zero-order valence-electron chi connectivity index (χ0n) is 13.4. The Kier molecular flexibility index (Phi) is 5.38. The molecule has 3 rings (SSSR count). The average Bonchev–Trinajstić information content (AvgIpc) is 3.27. The minimum Gasteiger partial charge on any atom is -0.493 e. The van der Waals surface area contributed by atoms with Crippen molar-refractivity contribution in [3.63, 3.8) is 0 Å². The highest BCUT2D eigenvalue weighted by Crippen LogP contribution is 2.30. The lowest BCUT2D eigenvalue weighted by atomic mass is 10.2. The number of ether oxygens (including phenoxy) is 1. The standard InChI is InChI=1S/C18H22N2O4/c21-15(17-6-3-9-23-17)11-20-18(22)19-10-14-4-1-2-5-16(14)24-12-13-7-8-13/h1-6,9,13,15,21H,7-8,10-12H2,(H2,19,20,22). The third kappa shape index (κ3) is 4.76. The van der Waals surface area contributed by atoms with Crippen molar-refractivity contribution in [2.24, 2.45) is 5.92 Å². The van der Waals surface area contributed by atoms with Gasteiger partial charge >= 0.3 is 6.03 Å². The van der Waals surface area contributed by atoms with Gasteiger partial charge in [-0.2, -0.15) is 0 Å². The van der Waals surface area contributed by atoms with Gasteiger partial charge in [0.05, 0.1) is 19.4 Å². The molecule has 1 aliphatic carbocycles. The Hall–Kier alpha value is -2.47. The van der Waals surface area contributed by atoms with Crippen molar-refractivity contribution in [2.75, 3.05) is 13.2 Å². The molecule has 1 aromatic heterocycles.